The van der Waals surface area contributed by atoms with E-state index in [0.29, 0.717) is 65.2 Å². The third kappa shape index (κ3) is 20.8. The minimum Gasteiger partial charge on any atom is -0.481 e. The number of aromatic nitrogens is 3. The second-order valence-corrected chi connectivity index (χ2v) is 26.3. The number of alkyl halides is 3. The van der Waals surface area contributed by atoms with Crippen LogP contribution in [0.15, 0.2) is 186 Å². The molecule has 96 heavy (non-hydrogen) atoms. The summed E-state index contributed by atoms with van der Waals surface area (Å²) >= 11 is 34.5. The average Bonchev–Trinajstić information content (AvgIpc) is 1.51. The highest BCUT2D eigenvalue weighted by molar-refractivity contribution is 7.14. The summed E-state index contributed by atoms with van der Waals surface area (Å²) in [6.45, 7) is -0.0314. The van der Waals surface area contributed by atoms with E-state index in [2.05, 4.69) is 20.3 Å². The number of halogens is 8. The maximum absolute atomic E-state index is 13.3. The molecule has 3 amide bonds. The normalized spacial score (nSPS) is 12.0. The number of carbonyl (C=O) groups is 6. The summed E-state index contributed by atoms with van der Waals surface area (Å²) in [5.41, 5.74) is 6.35. The number of aliphatic carboxylic acids is 3. The van der Waals surface area contributed by atoms with E-state index in [1.807, 2.05) is 121 Å². The molecular weight excluding hydrogens is 1400 g/mol. The molecule has 0 aliphatic carbocycles. The van der Waals surface area contributed by atoms with Gasteiger partial charge in [-0.2, -0.15) is 13.2 Å². The fourth-order valence-corrected chi connectivity index (χ4v) is 13.4. The van der Waals surface area contributed by atoms with Crippen LogP contribution in [0.3, 0.4) is 0 Å². The summed E-state index contributed by atoms with van der Waals surface area (Å²) in [7, 11) is 3.21. The summed E-state index contributed by atoms with van der Waals surface area (Å²) in [5, 5.41) is 38.6. The van der Waals surface area contributed by atoms with Gasteiger partial charge in [0.05, 0.1) is 81.3 Å². The third-order valence-electron chi connectivity index (χ3n) is 14.7. The topological polar surface area (TPSA) is 220 Å². The Balaban J connectivity index is 0.000000185. The monoisotopic (exact) mass is 1450 g/mol. The lowest BCUT2D eigenvalue weighted by molar-refractivity contribution is -0.141. The molecule has 15 nitrogen and oxygen atoms in total. The number of anilines is 2. The second-order valence-electron chi connectivity index (χ2n) is 21.6. The molecule has 0 radical (unpaired) electrons. The molecule has 3 atom stereocenters. The molecule has 0 aliphatic heterocycles. The minimum absolute atomic E-state index is 0.0314. The Bertz CT molecular complexity index is 4340. The number of rotatable bonds is 23. The summed E-state index contributed by atoms with van der Waals surface area (Å²) in [6, 6.07) is 50.0. The van der Waals surface area contributed by atoms with Crippen LogP contribution in [0.2, 0.25) is 25.1 Å². The van der Waals surface area contributed by atoms with Gasteiger partial charge in [-0.1, -0.05) is 185 Å². The first-order chi connectivity index (χ1) is 45.8. The van der Waals surface area contributed by atoms with Crippen LogP contribution in [0.1, 0.15) is 46.5 Å². The SMILES string of the molecule is CN(C(=O)[C@@H](CC(=O)O)Cc1ccccc1)c1nc(-c2cc(-c3ccccc3)ccc2Cl)cs1.CN(C(=O)[C@@H](CC(=O)O)Cc1ccccc1)c1nc(-c2cc(Cl)cc(Cl)c2Cl)cs1.O=C(O)C[C@@H](Cc1ccccc1)C(=O)NCc1nc(-c2cc(Cl)ccc2C(F)(F)F)cs1. The highest BCUT2D eigenvalue weighted by atomic mass is 35.5. The van der Waals surface area contributed by atoms with Crippen molar-refractivity contribution in [2.45, 2.75) is 51.2 Å². The number of nitrogens with one attached hydrogen (secondary N) is 1. The van der Waals surface area contributed by atoms with Crippen molar-refractivity contribution in [2.24, 2.45) is 17.8 Å². The highest BCUT2D eigenvalue weighted by Gasteiger charge is 2.35. The van der Waals surface area contributed by atoms with Gasteiger partial charge in [0, 0.05) is 57.0 Å². The predicted molar refractivity (Wildman–Crippen MR) is 374 cm³/mol. The Hall–Kier alpha value is -8.51. The number of carbonyl (C=O) groups excluding carboxylic acids is 3. The zero-order chi connectivity index (χ0) is 69.2. The van der Waals surface area contributed by atoms with Crippen LogP contribution in [-0.4, -0.2) is 80.0 Å². The lowest BCUT2D eigenvalue weighted by Crippen LogP contribution is -2.35. The van der Waals surface area contributed by atoms with E-state index in [0.717, 1.165) is 56.9 Å². The molecule has 0 fully saturated rings. The molecule has 0 saturated carbocycles. The first kappa shape index (κ1) is 73.3. The molecule has 26 heteroatoms. The van der Waals surface area contributed by atoms with Crippen molar-refractivity contribution < 1.29 is 57.3 Å². The van der Waals surface area contributed by atoms with Crippen LogP contribution in [0.4, 0.5) is 23.4 Å². The number of carboxylic acids is 3. The number of thiazole rings is 3. The average molecular weight is 1460 g/mol. The number of hydrogen-bond donors (Lipinski definition) is 4. The van der Waals surface area contributed by atoms with E-state index >= 15 is 0 Å². The van der Waals surface area contributed by atoms with Gasteiger partial charge in [-0.05, 0) is 89.5 Å². The number of nitrogens with zero attached hydrogens (tertiary/aromatic N) is 5. The summed E-state index contributed by atoms with van der Waals surface area (Å²) in [4.78, 5) is 89.0. The zero-order valence-electron chi connectivity index (χ0n) is 50.9. The maximum Gasteiger partial charge on any atom is 0.417 e. The maximum atomic E-state index is 13.3. The van der Waals surface area contributed by atoms with Crippen molar-refractivity contribution in [2.75, 3.05) is 23.9 Å². The van der Waals surface area contributed by atoms with Crippen molar-refractivity contribution in [3.05, 3.63) is 238 Å². The van der Waals surface area contributed by atoms with Gasteiger partial charge in [-0.15, -0.1) is 34.0 Å². The fourth-order valence-electron chi connectivity index (χ4n) is 9.97. The molecular formula is C70H58Cl5F3N6O9S3. The Kier molecular flexibility index (Phi) is 26.3. The number of carboxylic acid groups (broad SMARTS) is 3. The van der Waals surface area contributed by atoms with E-state index in [1.54, 1.807) is 49.8 Å². The van der Waals surface area contributed by atoms with Gasteiger partial charge in [0.1, 0.15) is 5.01 Å². The smallest absolute Gasteiger partial charge is 0.417 e. The summed E-state index contributed by atoms with van der Waals surface area (Å²) in [5.74, 6) is -6.41. The summed E-state index contributed by atoms with van der Waals surface area (Å²) in [6.07, 6.45) is -4.52. The fraction of sp³-hybridized carbons (Fsp3) is 0.186. The van der Waals surface area contributed by atoms with Crippen molar-refractivity contribution in [1.82, 2.24) is 20.3 Å². The minimum atomic E-state index is -4.57. The van der Waals surface area contributed by atoms with Crippen LogP contribution in [-0.2, 0) is 60.8 Å². The van der Waals surface area contributed by atoms with Gasteiger partial charge >= 0.3 is 24.1 Å². The van der Waals surface area contributed by atoms with Crippen molar-refractivity contribution in [3.8, 4) is 44.9 Å². The molecule has 4 N–H and O–H groups in total. The van der Waals surface area contributed by atoms with E-state index < -0.39 is 53.3 Å². The van der Waals surface area contributed by atoms with Crippen LogP contribution in [0, 0.1) is 17.8 Å². The zero-order valence-corrected chi connectivity index (χ0v) is 57.1. The van der Waals surface area contributed by atoms with Crippen LogP contribution >= 0.6 is 92.0 Å². The van der Waals surface area contributed by atoms with Crippen LogP contribution < -0.4 is 15.1 Å². The van der Waals surface area contributed by atoms with Crippen LogP contribution in [0.5, 0.6) is 0 Å². The van der Waals surface area contributed by atoms with E-state index in [1.165, 1.54) is 50.0 Å². The van der Waals surface area contributed by atoms with Gasteiger partial charge in [0.25, 0.3) is 0 Å². The van der Waals surface area contributed by atoms with Gasteiger partial charge in [-0.25, -0.2) is 15.0 Å². The molecule has 0 aliphatic rings. The molecule has 496 valence electrons. The number of benzene rings is 7. The van der Waals surface area contributed by atoms with E-state index in [9.17, 15) is 52.2 Å². The van der Waals surface area contributed by atoms with Crippen molar-refractivity contribution in [1.29, 1.82) is 0 Å². The molecule has 0 unspecified atom stereocenters. The lowest BCUT2D eigenvalue weighted by Gasteiger charge is -2.21. The molecule has 3 aromatic heterocycles. The standard InChI is InChI=1S/C27H23ClN2O3S.C22H18ClF3N2O3S.C21H17Cl3N2O3S/c1-30(26(33)21(16-25(31)32)14-18-8-4-2-5-9-18)27-29-24(17-34-27)22-15-20(12-13-23(22)28)19-10-6-3-7-11-19;23-15-6-7-17(22(24,25)26)16(10-15)18-12-32-19(28-18)11-27-21(31)14(9-20(29)30)8-13-4-2-1-3-5-13;1-26(20(29)13(8-18(27)28)7-12-5-3-2-4-6-12)21-25-17(11-30-21)15-9-14(22)10-16(23)19(15)24/h2-13,15,17,21H,14,16H2,1H3,(H,31,32);1-7,10,12,14H,8-9,11H2,(H,27,31)(H,29,30);2-6,9-11,13H,7-8H2,1H3,(H,27,28)/t21-;14-;13-/m111/s1. The molecule has 3 heterocycles. The lowest BCUT2D eigenvalue weighted by atomic mass is 9.95. The molecule has 0 bridgehead atoms. The summed E-state index contributed by atoms with van der Waals surface area (Å²) < 4.78 is 40.0. The first-order valence-corrected chi connectivity index (χ1v) is 33.7. The molecule has 10 aromatic rings. The molecule has 0 spiro atoms. The molecule has 0 saturated heterocycles. The predicted octanol–water partition coefficient (Wildman–Crippen LogP) is 17.9. The number of amides is 3. The van der Waals surface area contributed by atoms with E-state index in [-0.39, 0.29) is 60.3 Å². The van der Waals surface area contributed by atoms with E-state index in [4.69, 9.17) is 63.1 Å². The molecule has 7 aromatic carbocycles. The third-order valence-corrected chi connectivity index (χ3v) is 18.9. The first-order valence-electron chi connectivity index (χ1n) is 29.1. The molecule has 10 rings (SSSR count). The van der Waals surface area contributed by atoms with Crippen LogP contribution in [0.25, 0.3) is 44.9 Å². The van der Waals surface area contributed by atoms with Gasteiger partial charge in [0.15, 0.2) is 10.3 Å². The Labute approximate surface area is 587 Å². The van der Waals surface area contributed by atoms with Gasteiger partial charge in [0.2, 0.25) is 17.7 Å². The quantitative estimate of drug-likeness (QED) is 0.0440. The van der Waals surface area contributed by atoms with Gasteiger partial charge < -0.3 is 20.6 Å². The Morgan fingerprint density at radius 3 is 1.41 bits per heavy atom. The highest BCUT2D eigenvalue weighted by Crippen LogP contribution is 2.41. The second kappa shape index (κ2) is 34.4. The van der Waals surface area contributed by atoms with Crippen molar-refractivity contribution in [3.63, 3.8) is 0 Å². The Morgan fingerprint density at radius 2 is 0.917 bits per heavy atom. The largest absolute Gasteiger partial charge is 0.481 e. The van der Waals surface area contributed by atoms with Crippen molar-refractivity contribution >= 4 is 138 Å². The number of hydrogen-bond acceptors (Lipinski definition) is 12. The Morgan fingerprint density at radius 1 is 0.479 bits per heavy atom. The van der Waals surface area contributed by atoms with Gasteiger partial charge in [-0.3, -0.25) is 38.6 Å².